The van der Waals surface area contributed by atoms with Crippen molar-refractivity contribution in [3.05, 3.63) is 27.7 Å². The van der Waals surface area contributed by atoms with Gasteiger partial charge in [0.05, 0.1) is 5.69 Å². The highest BCUT2D eigenvalue weighted by atomic mass is 16.3. The Kier molecular flexibility index (Phi) is 2.76. The summed E-state index contributed by atoms with van der Waals surface area (Å²) in [5, 5.41) is 9.87. The average Bonchev–Trinajstić information content (AvgIpc) is 2.97. The molecule has 1 N–H and O–H groups in total. The fraction of sp³-hybridized carbons (Fsp3) is 0.583. The van der Waals surface area contributed by atoms with E-state index in [1.54, 1.807) is 0 Å². The maximum Gasteiger partial charge on any atom is 0.223 e. The summed E-state index contributed by atoms with van der Waals surface area (Å²) in [4.78, 5) is 13.5. The summed E-state index contributed by atoms with van der Waals surface area (Å²) in [5.41, 5.74) is 1.42. The molecule has 0 saturated heterocycles. The van der Waals surface area contributed by atoms with Crippen LogP contribution in [0.2, 0.25) is 0 Å². The lowest BCUT2D eigenvalue weighted by Gasteiger charge is -2.20. The fourth-order valence-corrected chi connectivity index (χ4v) is 2.09. The lowest BCUT2D eigenvalue weighted by Crippen LogP contribution is -2.21. The molecule has 0 spiro atoms. The highest BCUT2D eigenvalue weighted by Crippen LogP contribution is 2.38. The molecule has 16 heavy (non-hydrogen) atoms. The van der Waals surface area contributed by atoms with Crippen molar-refractivity contribution >= 4 is 0 Å². The van der Waals surface area contributed by atoms with E-state index in [0.717, 1.165) is 24.2 Å². The van der Waals surface area contributed by atoms with Gasteiger partial charge in [-0.1, -0.05) is 0 Å². The molecule has 0 aromatic carbocycles. The molecule has 4 nitrogen and oxygen atoms in total. The van der Waals surface area contributed by atoms with Gasteiger partial charge < -0.3 is 14.6 Å². The molecule has 1 heterocycles. The predicted molar refractivity (Wildman–Crippen MR) is 62.8 cm³/mol. The number of aromatic nitrogens is 1. The van der Waals surface area contributed by atoms with Crippen LogP contribution in [0.4, 0.5) is 0 Å². The lowest BCUT2D eigenvalue weighted by molar-refractivity contribution is 0.362. The first-order valence-electron chi connectivity index (χ1n) is 5.59. The maximum absolute atomic E-state index is 11.6. The summed E-state index contributed by atoms with van der Waals surface area (Å²) in [5.74, 6) is -0.0915. The third-order valence-corrected chi connectivity index (χ3v) is 2.90. The summed E-state index contributed by atoms with van der Waals surface area (Å²) in [6.07, 6.45) is 2.28. The summed E-state index contributed by atoms with van der Waals surface area (Å²) >= 11 is 0. The number of hydrogen-bond acceptors (Lipinski definition) is 3. The predicted octanol–water partition coefficient (Wildman–Crippen LogP) is 1.26. The van der Waals surface area contributed by atoms with E-state index in [2.05, 4.69) is 4.57 Å². The SMILES string of the molecule is Cc1cc(=O)c(O)c(CN(C)C)n1C1CC1. The Morgan fingerprint density at radius 3 is 2.62 bits per heavy atom. The molecule has 0 unspecified atom stereocenters. The average molecular weight is 222 g/mol. The van der Waals surface area contributed by atoms with Crippen LogP contribution in [0.25, 0.3) is 0 Å². The van der Waals surface area contributed by atoms with Gasteiger partial charge in [-0.05, 0) is 33.9 Å². The van der Waals surface area contributed by atoms with Crippen molar-refractivity contribution < 1.29 is 5.11 Å². The Balaban J connectivity index is 2.55. The fourth-order valence-electron chi connectivity index (χ4n) is 2.09. The lowest BCUT2D eigenvalue weighted by atomic mass is 10.2. The third-order valence-electron chi connectivity index (χ3n) is 2.90. The zero-order chi connectivity index (χ0) is 11.9. The first-order valence-corrected chi connectivity index (χ1v) is 5.59. The molecule has 0 amide bonds. The van der Waals surface area contributed by atoms with Crippen LogP contribution in [-0.2, 0) is 6.54 Å². The zero-order valence-corrected chi connectivity index (χ0v) is 10.0. The monoisotopic (exact) mass is 222 g/mol. The van der Waals surface area contributed by atoms with Crippen LogP contribution in [0.15, 0.2) is 10.9 Å². The molecule has 0 aliphatic heterocycles. The van der Waals surface area contributed by atoms with Crippen LogP contribution in [0, 0.1) is 6.92 Å². The van der Waals surface area contributed by atoms with Gasteiger partial charge in [-0.25, -0.2) is 0 Å². The zero-order valence-electron chi connectivity index (χ0n) is 10.0. The minimum absolute atomic E-state index is 0.0915. The molecule has 0 radical (unpaired) electrons. The molecule has 4 heteroatoms. The molecule has 1 aliphatic carbocycles. The molecule has 0 bridgehead atoms. The van der Waals surface area contributed by atoms with Gasteiger partial charge in [-0.2, -0.15) is 0 Å². The molecule has 1 saturated carbocycles. The standard InChI is InChI=1S/C12H18N2O2/c1-8-6-11(15)12(16)10(7-13(2)3)14(8)9-4-5-9/h6,9,16H,4-5,7H2,1-3H3. The Bertz CT molecular complexity index is 459. The quantitative estimate of drug-likeness (QED) is 0.837. The molecule has 1 aliphatic rings. The third kappa shape index (κ3) is 1.97. The molecule has 88 valence electrons. The van der Waals surface area contributed by atoms with E-state index in [9.17, 15) is 9.90 Å². The molecule has 2 rings (SSSR count). The van der Waals surface area contributed by atoms with E-state index in [-0.39, 0.29) is 11.2 Å². The minimum atomic E-state index is -0.272. The van der Waals surface area contributed by atoms with E-state index in [1.165, 1.54) is 6.07 Å². The Morgan fingerprint density at radius 1 is 1.50 bits per heavy atom. The summed E-state index contributed by atoms with van der Waals surface area (Å²) in [7, 11) is 3.87. The van der Waals surface area contributed by atoms with Crippen molar-refractivity contribution in [2.45, 2.75) is 32.4 Å². The van der Waals surface area contributed by atoms with Gasteiger partial charge in [0, 0.05) is 24.3 Å². The van der Waals surface area contributed by atoms with Gasteiger partial charge in [-0.15, -0.1) is 0 Å². The Labute approximate surface area is 95.1 Å². The molecular formula is C12H18N2O2. The molecular weight excluding hydrogens is 204 g/mol. The number of aromatic hydroxyl groups is 1. The van der Waals surface area contributed by atoms with E-state index in [1.807, 2.05) is 25.9 Å². The number of hydrogen-bond donors (Lipinski definition) is 1. The summed E-state index contributed by atoms with van der Waals surface area (Å²) in [6.45, 7) is 2.53. The van der Waals surface area contributed by atoms with Gasteiger partial charge in [0.15, 0.2) is 5.75 Å². The van der Waals surface area contributed by atoms with Crippen LogP contribution in [-0.4, -0.2) is 28.7 Å². The van der Waals surface area contributed by atoms with Gasteiger partial charge in [0.2, 0.25) is 5.43 Å². The maximum atomic E-state index is 11.6. The normalized spacial score (nSPS) is 15.8. The first-order chi connectivity index (χ1) is 7.50. The Morgan fingerprint density at radius 2 is 2.12 bits per heavy atom. The van der Waals surface area contributed by atoms with Gasteiger partial charge in [-0.3, -0.25) is 4.79 Å². The number of rotatable bonds is 3. The minimum Gasteiger partial charge on any atom is -0.503 e. The van der Waals surface area contributed by atoms with Crippen molar-refractivity contribution in [1.29, 1.82) is 0 Å². The molecule has 0 atom stereocenters. The second-order valence-electron chi connectivity index (χ2n) is 4.78. The van der Waals surface area contributed by atoms with Crippen molar-refractivity contribution in [2.24, 2.45) is 0 Å². The second kappa shape index (κ2) is 3.94. The van der Waals surface area contributed by atoms with Crippen LogP contribution in [0.1, 0.15) is 30.3 Å². The van der Waals surface area contributed by atoms with Crippen molar-refractivity contribution in [3.63, 3.8) is 0 Å². The highest BCUT2D eigenvalue weighted by molar-refractivity contribution is 5.31. The van der Waals surface area contributed by atoms with E-state index in [0.29, 0.717) is 12.6 Å². The summed E-state index contributed by atoms with van der Waals surface area (Å²) in [6, 6.07) is 1.99. The van der Waals surface area contributed by atoms with Crippen molar-refractivity contribution in [3.8, 4) is 5.75 Å². The smallest absolute Gasteiger partial charge is 0.223 e. The van der Waals surface area contributed by atoms with Crippen molar-refractivity contribution in [1.82, 2.24) is 9.47 Å². The van der Waals surface area contributed by atoms with E-state index in [4.69, 9.17) is 0 Å². The van der Waals surface area contributed by atoms with Gasteiger partial charge >= 0.3 is 0 Å². The summed E-state index contributed by atoms with van der Waals surface area (Å²) < 4.78 is 2.11. The molecule has 1 aromatic rings. The van der Waals surface area contributed by atoms with Crippen molar-refractivity contribution in [2.75, 3.05) is 14.1 Å². The van der Waals surface area contributed by atoms with E-state index >= 15 is 0 Å². The number of aryl methyl sites for hydroxylation is 1. The van der Waals surface area contributed by atoms with Gasteiger partial charge in [0.1, 0.15) is 0 Å². The van der Waals surface area contributed by atoms with Crippen LogP contribution >= 0.6 is 0 Å². The van der Waals surface area contributed by atoms with E-state index < -0.39 is 0 Å². The largest absolute Gasteiger partial charge is 0.503 e. The molecule has 1 aromatic heterocycles. The topological polar surface area (TPSA) is 45.5 Å². The first kappa shape index (κ1) is 11.2. The Hall–Kier alpha value is -1.29. The van der Waals surface area contributed by atoms with Crippen LogP contribution < -0.4 is 5.43 Å². The van der Waals surface area contributed by atoms with Crippen LogP contribution in [0.3, 0.4) is 0 Å². The number of nitrogens with zero attached hydrogens (tertiary/aromatic N) is 2. The van der Waals surface area contributed by atoms with Crippen LogP contribution in [0.5, 0.6) is 5.75 Å². The van der Waals surface area contributed by atoms with Gasteiger partial charge in [0.25, 0.3) is 0 Å². The molecule has 1 fully saturated rings. The second-order valence-corrected chi connectivity index (χ2v) is 4.78. The number of pyridine rings is 1. The highest BCUT2D eigenvalue weighted by Gasteiger charge is 2.28.